The summed E-state index contributed by atoms with van der Waals surface area (Å²) in [6.45, 7) is 8.31. The summed E-state index contributed by atoms with van der Waals surface area (Å²) in [5.41, 5.74) is 0. The lowest BCUT2D eigenvalue weighted by atomic mass is 9.95. The number of piperidine rings is 1. The zero-order chi connectivity index (χ0) is 16.0. The van der Waals surface area contributed by atoms with Crippen molar-refractivity contribution in [3.63, 3.8) is 0 Å². The number of hydrogen-bond acceptors (Lipinski definition) is 4. The highest BCUT2D eigenvalue weighted by atomic mass is 16.5. The third-order valence-electron chi connectivity index (χ3n) is 3.64. The number of carbonyl (C=O) groups excluding carboxylic acids is 3. The summed E-state index contributed by atoms with van der Waals surface area (Å²) in [6.07, 6.45) is 1.52. The van der Waals surface area contributed by atoms with E-state index in [9.17, 15) is 14.4 Å². The first-order valence-electron chi connectivity index (χ1n) is 7.59. The van der Waals surface area contributed by atoms with E-state index in [-0.39, 0.29) is 29.6 Å². The van der Waals surface area contributed by atoms with Gasteiger partial charge in [0.05, 0.1) is 12.5 Å². The highest BCUT2D eigenvalue weighted by Gasteiger charge is 2.33. The van der Waals surface area contributed by atoms with Crippen LogP contribution in [0.25, 0.3) is 0 Å². The predicted molar refractivity (Wildman–Crippen MR) is 78.4 cm³/mol. The zero-order valence-electron chi connectivity index (χ0n) is 13.3. The maximum Gasteiger partial charge on any atom is 0.310 e. The number of carbonyl (C=O) groups is 3. The first-order chi connectivity index (χ1) is 9.86. The molecule has 21 heavy (non-hydrogen) atoms. The van der Waals surface area contributed by atoms with Crippen LogP contribution in [0.2, 0.25) is 0 Å². The number of nitrogens with zero attached hydrogens (tertiary/aromatic N) is 1. The van der Waals surface area contributed by atoms with Gasteiger partial charge in [0.15, 0.2) is 0 Å². The highest BCUT2D eigenvalue weighted by Crippen LogP contribution is 2.20. The van der Waals surface area contributed by atoms with Gasteiger partial charge in [-0.25, -0.2) is 0 Å². The summed E-state index contributed by atoms with van der Waals surface area (Å²) < 4.78 is 5.04. The van der Waals surface area contributed by atoms with Gasteiger partial charge in [-0.15, -0.1) is 0 Å². The van der Waals surface area contributed by atoms with Crippen LogP contribution < -0.4 is 5.32 Å². The van der Waals surface area contributed by atoms with Crippen LogP contribution in [0, 0.1) is 11.8 Å². The molecule has 1 rings (SSSR count). The van der Waals surface area contributed by atoms with Crippen molar-refractivity contribution < 1.29 is 19.1 Å². The molecule has 1 N–H and O–H groups in total. The number of ether oxygens (including phenoxy) is 1. The summed E-state index contributed by atoms with van der Waals surface area (Å²) in [7, 11) is 0. The third kappa shape index (κ3) is 5.02. The van der Waals surface area contributed by atoms with Crippen molar-refractivity contribution in [1.29, 1.82) is 0 Å². The van der Waals surface area contributed by atoms with Gasteiger partial charge in [0, 0.05) is 20.0 Å². The van der Waals surface area contributed by atoms with Crippen molar-refractivity contribution >= 4 is 17.8 Å². The molecular weight excluding hydrogens is 272 g/mol. The van der Waals surface area contributed by atoms with Gasteiger partial charge in [-0.3, -0.25) is 14.4 Å². The molecule has 6 nitrogen and oxygen atoms in total. The number of likely N-dealkylation sites (tertiary alicyclic amines) is 1. The maximum atomic E-state index is 12.6. The van der Waals surface area contributed by atoms with E-state index >= 15 is 0 Å². The topological polar surface area (TPSA) is 75.7 Å². The van der Waals surface area contributed by atoms with Crippen LogP contribution in [0.15, 0.2) is 0 Å². The number of nitrogens with one attached hydrogen (secondary N) is 1. The molecule has 1 unspecified atom stereocenters. The Labute approximate surface area is 126 Å². The van der Waals surface area contributed by atoms with Crippen LogP contribution in [-0.2, 0) is 19.1 Å². The fourth-order valence-electron chi connectivity index (χ4n) is 2.56. The molecule has 6 heteroatoms. The van der Waals surface area contributed by atoms with Gasteiger partial charge in [0.2, 0.25) is 11.8 Å². The average Bonchev–Trinajstić information content (AvgIpc) is 2.44. The summed E-state index contributed by atoms with van der Waals surface area (Å²) in [4.78, 5) is 37.3. The Morgan fingerprint density at radius 2 is 2.00 bits per heavy atom. The van der Waals surface area contributed by atoms with Crippen LogP contribution in [-0.4, -0.2) is 48.4 Å². The standard InChI is InChI=1S/C15H26N2O4/c1-5-21-15(20)12-7-6-8-17(9-12)14(19)13(10(2)3)16-11(4)18/h10,12-13H,5-9H2,1-4H3,(H,16,18)/t12-,13?/m0/s1. The van der Waals surface area contributed by atoms with Gasteiger partial charge >= 0.3 is 5.97 Å². The zero-order valence-corrected chi connectivity index (χ0v) is 13.3. The van der Waals surface area contributed by atoms with Gasteiger partial charge < -0.3 is 15.0 Å². The molecule has 0 bridgehead atoms. The lowest BCUT2D eigenvalue weighted by Crippen LogP contribution is -2.53. The quantitative estimate of drug-likeness (QED) is 0.767. The van der Waals surface area contributed by atoms with Crippen molar-refractivity contribution in [2.75, 3.05) is 19.7 Å². The highest BCUT2D eigenvalue weighted by molar-refractivity contribution is 5.87. The number of hydrogen-bond donors (Lipinski definition) is 1. The Morgan fingerprint density at radius 3 is 2.52 bits per heavy atom. The number of rotatable bonds is 5. The Kier molecular flexibility index (Phi) is 6.65. The van der Waals surface area contributed by atoms with Crippen LogP contribution in [0.1, 0.15) is 40.5 Å². The minimum atomic E-state index is -0.538. The van der Waals surface area contributed by atoms with E-state index in [0.717, 1.165) is 12.8 Å². The van der Waals surface area contributed by atoms with Gasteiger partial charge in [-0.2, -0.15) is 0 Å². The smallest absolute Gasteiger partial charge is 0.310 e. The minimum Gasteiger partial charge on any atom is -0.466 e. The van der Waals surface area contributed by atoms with Gasteiger partial charge in [0.25, 0.3) is 0 Å². The van der Waals surface area contributed by atoms with Crippen LogP contribution in [0.5, 0.6) is 0 Å². The van der Waals surface area contributed by atoms with E-state index in [1.54, 1.807) is 11.8 Å². The first kappa shape index (κ1) is 17.5. The van der Waals surface area contributed by atoms with Crippen molar-refractivity contribution in [2.45, 2.75) is 46.6 Å². The number of esters is 1. The monoisotopic (exact) mass is 298 g/mol. The molecule has 0 aliphatic carbocycles. The third-order valence-corrected chi connectivity index (χ3v) is 3.64. The number of amides is 2. The van der Waals surface area contributed by atoms with E-state index in [4.69, 9.17) is 4.74 Å². The molecule has 0 spiro atoms. The normalized spacial score (nSPS) is 20.0. The molecule has 0 radical (unpaired) electrons. The van der Waals surface area contributed by atoms with E-state index in [2.05, 4.69) is 5.32 Å². The van der Waals surface area contributed by atoms with Gasteiger partial charge in [0.1, 0.15) is 6.04 Å². The molecular formula is C15H26N2O4. The van der Waals surface area contributed by atoms with Crippen LogP contribution in [0.3, 0.4) is 0 Å². The molecule has 0 saturated carbocycles. The average molecular weight is 298 g/mol. The Hall–Kier alpha value is -1.59. The molecule has 1 aliphatic rings. The molecule has 0 aromatic heterocycles. The molecule has 1 heterocycles. The molecule has 0 aromatic carbocycles. The van der Waals surface area contributed by atoms with E-state index < -0.39 is 6.04 Å². The minimum absolute atomic E-state index is 0.00405. The molecule has 1 aliphatic heterocycles. The summed E-state index contributed by atoms with van der Waals surface area (Å²) in [5.74, 6) is -0.831. The van der Waals surface area contributed by atoms with E-state index in [0.29, 0.717) is 19.7 Å². The Balaban J connectivity index is 2.71. The van der Waals surface area contributed by atoms with Crippen molar-refractivity contribution in [2.24, 2.45) is 11.8 Å². The first-order valence-corrected chi connectivity index (χ1v) is 7.59. The lowest BCUT2D eigenvalue weighted by Gasteiger charge is -2.35. The second-order valence-corrected chi connectivity index (χ2v) is 5.80. The summed E-state index contributed by atoms with van der Waals surface area (Å²) in [6, 6.07) is -0.538. The Morgan fingerprint density at radius 1 is 1.33 bits per heavy atom. The second kappa shape index (κ2) is 8.00. The summed E-state index contributed by atoms with van der Waals surface area (Å²) >= 11 is 0. The largest absolute Gasteiger partial charge is 0.466 e. The van der Waals surface area contributed by atoms with Crippen molar-refractivity contribution in [3.05, 3.63) is 0 Å². The van der Waals surface area contributed by atoms with E-state index in [1.807, 2.05) is 13.8 Å². The molecule has 1 saturated heterocycles. The maximum absolute atomic E-state index is 12.6. The predicted octanol–water partition coefficient (Wildman–Crippen LogP) is 0.949. The second-order valence-electron chi connectivity index (χ2n) is 5.80. The SMILES string of the molecule is CCOC(=O)[C@H]1CCCN(C(=O)C(NC(C)=O)C(C)C)C1. The van der Waals surface area contributed by atoms with Crippen LogP contribution >= 0.6 is 0 Å². The fourth-order valence-corrected chi connectivity index (χ4v) is 2.56. The molecule has 2 atom stereocenters. The van der Waals surface area contributed by atoms with Gasteiger partial charge in [-0.1, -0.05) is 13.8 Å². The van der Waals surface area contributed by atoms with Crippen LogP contribution in [0.4, 0.5) is 0 Å². The fraction of sp³-hybridized carbons (Fsp3) is 0.800. The molecule has 120 valence electrons. The lowest BCUT2D eigenvalue weighted by molar-refractivity contribution is -0.152. The van der Waals surface area contributed by atoms with Crippen molar-refractivity contribution in [3.8, 4) is 0 Å². The van der Waals surface area contributed by atoms with E-state index in [1.165, 1.54) is 6.92 Å². The molecule has 2 amide bonds. The molecule has 1 fully saturated rings. The molecule has 0 aromatic rings. The Bertz CT molecular complexity index is 395. The van der Waals surface area contributed by atoms with Gasteiger partial charge in [-0.05, 0) is 25.7 Å². The van der Waals surface area contributed by atoms with Crippen molar-refractivity contribution in [1.82, 2.24) is 10.2 Å². The summed E-state index contributed by atoms with van der Waals surface area (Å²) in [5, 5.41) is 2.70.